The Labute approximate surface area is 138 Å². The minimum absolute atomic E-state index is 0. The van der Waals surface area contributed by atoms with Gasteiger partial charge in [0.25, 0.3) is 5.91 Å². The van der Waals surface area contributed by atoms with Crippen molar-refractivity contribution in [2.45, 2.75) is 25.4 Å². The standard InChI is InChI=1S/C15H18F4N2O.ClH/c16-13-9-11(8-12(10-13)15(17,18)19)14(22)20-4-7-21-5-2-1-3-6-21;/h8-10H,1-7H2,(H,20,22);1H. The van der Waals surface area contributed by atoms with Gasteiger partial charge in [-0.3, -0.25) is 4.79 Å². The first-order valence-corrected chi connectivity index (χ1v) is 7.24. The molecule has 1 saturated heterocycles. The van der Waals surface area contributed by atoms with Gasteiger partial charge in [0.1, 0.15) is 5.82 Å². The van der Waals surface area contributed by atoms with Crippen LogP contribution >= 0.6 is 12.4 Å². The van der Waals surface area contributed by atoms with Gasteiger partial charge >= 0.3 is 6.18 Å². The fraction of sp³-hybridized carbons (Fsp3) is 0.533. The predicted octanol–water partition coefficient (Wildman–Crippen LogP) is 3.48. The summed E-state index contributed by atoms with van der Waals surface area (Å²) in [5.41, 5.74) is -1.47. The average molecular weight is 355 g/mol. The number of nitrogens with zero attached hydrogens (tertiary/aromatic N) is 1. The number of rotatable bonds is 4. The van der Waals surface area contributed by atoms with Gasteiger partial charge in [0, 0.05) is 18.7 Å². The zero-order valence-electron chi connectivity index (χ0n) is 12.5. The smallest absolute Gasteiger partial charge is 0.351 e. The molecule has 1 aromatic carbocycles. The van der Waals surface area contributed by atoms with E-state index in [9.17, 15) is 22.4 Å². The van der Waals surface area contributed by atoms with Gasteiger partial charge in [-0.15, -0.1) is 12.4 Å². The maximum absolute atomic E-state index is 13.2. The molecule has 1 aliphatic heterocycles. The number of benzene rings is 1. The maximum atomic E-state index is 13.2. The third kappa shape index (κ3) is 5.99. The summed E-state index contributed by atoms with van der Waals surface area (Å²) in [6.07, 6.45) is -1.24. The Kier molecular flexibility index (Phi) is 7.28. The Morgan fingerprint density at radius 1 is 1.13 bits per heavy atom. The van der Waals surface area contributed by atoms with Gasteiger partial charge in [0.2, 0.25) is 0 Å². The number of carbonyl (C=O) groups is 1. The molecule has 23 heavy (non-hydrogen) atoms. The van der Waals surface area contributed by atoms with Crippen LogP contribution in [0.1, 0.15) is 35.2 Å². The molecule has 0 atom stereocenters. The fourth-order valence-electron chi connectivity index (χ4n) is 2.50. The van der Waals surface area contributed by atoms with Crippen molar-refractivity contribution in [2.75, 3.05) is 26.2 Å². The molecule has 130 valence electrons. The Balaban J connectivity index is 0.00000264. The predicted molar refractivity (Wildman–Crippen MR) is 81.3 cm³/mol. The van der Waals surface area contributed by atoms with Crippen LogP contribution in [-0.2, 0) is 6.18 Å². The van der Waals surface area contributed by atoms with Crippen molar-refractivity contribution in [3.05, 3.63) is 35.1 Å². The lowest BCUT2D eigenvalue weighted by molar-refractivity contribution is -0.137. The lowest BCUT2D eigenvalue weighted by Crippen LogP contribution is -2.37. The van der Waals surface area contributed by atoms with E-state index < -0.39 is 23.5 Å². The summed E-state index contributed by atoms with van der Waals surface area (Å²) in [6, 6.07) is 1.86. The van der Waals surface area contributed by atoms with Crippen LogP contribution in [0.2, 0.25) is 0 Å². The van der Waals surface area contributed by atoms with Crippen LogP contribution in [0, 0.1) is 5.82 Å². The van der Waals surface area contributed by atoms with E-state index >= 15 is 0 Å². The number of amides is 1. The van der Waals surface area contributed by atoms with Crippen LogP contribution in [0.5, 0.6) is 0 Å². The Bertz CT molecular complexity index is 531. The second kappa shape index (κ2) is 8.49. The van der Waals surface area contributed by atoms with Gasteiger partial charge in [-0.1, -0.05) is 6.42 Å². The number of hydrogen-bond donors (Lipinski definition) is 1. The summed E-state index contributed by atoms with van der Waals surface area (Å²) in [5, 5.41) is 2.54. The molecule has 2 rings (SSSR count). The largest absolute Gasteiger partial charge is 0.416 e. The first-order chi connectivity index (χ1) is 10.4. The second-order valence-electron chi connectivity index (χ2n) is 5.38. The highest BCUT2D eigenvalue weighted by Crippen LogP contribution is 2.30. The molecule has 1 N–H and O–H groups in total. The quantitative estimate of drug-likeness (QED) is 0.840. The van der Waals surface area contributed by atoms with Crippen LogP contribution in [0.4, 0.5) is 17.6 Å². The molecular weight excluding hydrogens is 336 g/mol. The minimum Gasteiger partial charge on any atom is -0.351 e. The van der Waals surface area contributed by atoms with E-state index in [-0.39, 0.29) is 18.0 Å². The van der Waals surface area contributed by atoms with E-state index in [0.29, 0.717) is 25.2 Å². The normalized spacial score (nSPS) is 15.8. The minimum atomic E-state index is -4.68. The molecule has 0 spiro atoms. The van der Waals surface area contributed by atoms with Crippen molar-refractivity contribution in [3.63, 3.8) is 0 Å². The van der Waals surface area contributed by atoms with Crippen LogP contribution in [0.25, 0.3) is 0 Å². The van der Waals surface area contributed by atoms with Crippen molar-refractivity contribution in [1.82, 2.24) is 10.2 Å². The van der Waals surface area contributed by atoms with Gasteiger partial charge < -0.3 is 10.2 Å². The van der Waals surface area contributed by atoms with Crippen LogP contribution in [0.15, 0.2) is 18.2 Å². The van der Waals surface area contributed by atoms with E-state index in [1.807, 2.05) is 0 Å². The van der Waals surface area contributed by atoms with Gasteiger partial charge in [0.15, 0.2) is 0 Å². The molecule has 1 aromatic rings. The SMILES string of the molecule is Cl.O=C(NCCN1CCCCC1)c1cc(F)cc(C(F)(F)F)c1. The second-order valence-corrected chi connectivity index (χ2v) is 5.38. The molecule has 8 heteroatoms. The molecule has 1 heterocycles. The molecule has 1 aliphatic rings. The van der Waals surface area contributed by atoms with Crippen LogP contribution < -0.4 is 5.32 Å². The molecule has 1 amide bonds. The number of piperidine rings is 1. The lowest BCUT2D eigenvalue weighted by atomic mass is 10.1. The monoisotopic (exact) mass is 354 g/mol. The summed E-state index contributed by atoms with van der Waals surface area (Å²) in [5.74, 6) is -1.77. The zero-order valence-corrected chi connectivity index (χ0v) is 13.3. The molecule has 0 aliphatic carbocycles. The van der Waals surface area contributed by atoms with Crippen molar-refractivity contribution < 1.29 is 22.4 Å². The van der Waals surface area contributed by atoms with Crippen molar-refractivity contribution in [2.24, 2.45) is 0 Å². The van der Waals surface area contributed by atoms with E-state index in [1.165, 1.54) is 6.42 Å². The number of likely N-dealkylation sites (tertiary alicyclic amines) is 1. The molecule has 0 aromatic heterocycles. The number of carbonyl (C=O) groups excluding carboxylic acids is 1. The van der Waals surface area contributed by atoms with E-state index in [4.69, 9.17) is 0 Å². The molecule has 0 saturated carbocycles. The van der Waals surface area contributed by atoms with Crippen molar-refractivity contribution in [1.29, 1.82) is 0 Å². The topological polar surface area (TPSA) is 32.3 Å². The number of nitrogens with one attached hydrogen (secondary N) is 1. The van der Waals surface area contributed by atoms with Gasteiger partial charge in [-0.25, -0.2) is 4.39 Å². The average Bonchev–Trinajstić information content (AvgIpc) is 2.46. The Hall–Kier alpha value is -1.34. The third-order valence-corrected chi connectivity index (χ3v) is 3.65. The molecular formula is C15H19ClF4N2O. The van der Waals surface area contributed by atoms with Crippen LogP contribution in [-0.4, -0.2) is 37.0 Å². The number of alkyl halides is 3. The first-order valence-electron chi connectivity index (χ1n) is 7.24. The molecule has 1 fully saturated rings. The zero-order chi connectivity index (χ0) is 16.2. The Morgan fingerprint density at radius 3 is 2.39 bits per heavy atom. The van der Waals surface area contributed by atoms with Crippen molar-refractivity contribution in [3.8, 4) is 0 Å². The summed E-state index contributed by atoms with van der Waals surface area (Å²) in [4.78, 5) is 14.0. The first kappa shape index (κ1) is 19.7. The van der Waals surface area contributed by atoms with Crippen molar-refractivity contribution >= 4 is 18.3 Å². The summed E-state index contributed by atoms with van der Waals surface area (Å²) < 4.78 is 51.0. The number of hydrogen-bond acceptors (Lipinski definition) is 2. The van der Waals surface area contributed by atoms with E-state index in [0.717, 1.165) is 32.0 Å². The molecule has 0 radical (unpaired) electrons. The van der Waals surface area contributed by atoms with Crippen LogP contribution in [0.3, 0.4) is 0 Å². The summed E-state index contributed by atoms with van der Waals surface area (Å²) >= 11 is 0. The highest BCUT2D eigenvalue weighted by atomic mass is 35.5. The van der Waals surface area contributed by atoms with Gasteiger partial charge in [-0.05, 0) is 44.1 Å². The highest BCUT2D eigenvalue weighted by Gasteiger charge is 2.32. The summed E-state index contributed by atoms with van der Waals surface area (Å²) in [6.45, 7) is 2.91. The maximum Gasteiger partial charge on any atom is 0.416 e. The number of halogens is 5. The van der Waals surface area contributed by atoms with E-state index in [2.05, 4.69) is 10.2 Å². The fourth-order valence-corrected chi connectivity index (χ4v) is 2.50. The Morgan fingerprint density at radius 2 is 1.78 bits per heavy atom. The molecule has 0 unspecified atom stereocenters. The third-order valence-electron chi connectivity index (χ3n) is 3.65. The molecule has 0 bridgehead atoms. The van der Waals surface area contributed by atoms with E-state index in [1.54, 1.807) is 0 Å². The van der Waals surface area contributed by atoms with Gasteiger partial charge in [0.05, 0.1) is 5.56 Å². The lowest BCUT2D eigenvalue weighted by Gasteiger charge is -2.26. The summed E-state index contributed by atoms with van der Waals surface area (Å²) in [7, 11) is 0. The van der Waals surface area contributed by atoms with Gasteiger partial charge in [-0.2, -0.15) is 13.2 Å². The highest BCUT2D eigenvalue weighted by molar-refractivity contribution is 5.94. The molecule has 3 nitrogen and oxygen atoms in total.